The summed E-state index contributed by atoms with van der Waals surface area (Å²) >= 11 is 0. The number of nitrogens with one attached hydrogen (secondary N) is 6. The van der Waals surface area contributed by atoms with Crippen LogP contribution in [0.3, 0.4) is 0 Å². The minimum absolute atomic E-state index is 0.00849. The molecular weight excluding hydrogens is 708 g/mol. The Balaban J connectivity index is 0.000000296. The molecule has 296 valence electrons. The minimum atomic E-state index is -1.08. The van der Waals surface area contributed by atoms with Crippen LogP contribution in [0.25, 0.3) is 0 Å². The molecule has 0 saturated heterocycles. The van der Waals surface area contributed by atoms with E-state index < -0.39 is 30.9 Å². The van der Waals surface area contributed by atoms with Gasteiger partial charge in [-0.3, -0.25) is 21.5 Å². The van der Waals surface area contributed by atoms with Crippen LogP contribution >= 0.6 is 0 Å². The number of nitrogens with zero attached hydrogens (tertiary/aromatic N) is 2. The molecule has 17 nitrogen and oxygen atoms in total. The largest absolute Gasteiger partial charge is 0.475 e. The second-order valence-electron chi connectivity index (χ2n) is 12.8. The molecule has 0 radical (unpaired) electrons. The monoisotopic (exact) mass is 760 g/mol. The van der Waals surface area contributed by atoms with Crippen molar-refractivity contribution in [1.82, 2.24) is 20.6 Å². The van der Waals surface area contributed by atoms with E-state index in [1.807, 2.05) is 57.2 Å². The Morgan fingerprint density at radius 2 is 1.38 bits per heavy atom. The Bertz CT molecular complexity index is 1820. The summed E-state index contributed by atoms with van der Waals surface area (Å²) < 4.78 is 10.2. The van der Waals surface area contributed by atoms with Crippen molar-refractivity contribution >= 4 is 46.9 Å². The number of amides is 4. The molecule has 3 aromatic rings. The van der Waals surface area contributed by atoms with Crippen molar-refractivity contribution in [2.75, 3.05) is 41.9 Å². The first kappa shape index (κ1) is 43.4. The quantitative estimate of drug-likeness (QED) is 0.0823. The summed E-state index contributed by atoms with van der Waals surface area (Å²) in [4.78, 5) is 32.5. The van der Waals surface area contributed by atoms with Crippen LogP contribution in [-0.2, 0) is 9.47 Å². The normalized spacial score (nSPS) is 15.4. The molecule has 4 rings (SSSR count). The molecule has 2 heterocycles. The Morgan fingerprint density at radius 1 is 0.873 bits per heavy atom. The maximum absolute atomic E-state index is 12.2. The lowest BCUT2D eigenvalue weighted by Crippen LogP contribution is -2.37. The zero-order chi connectivity index (χ0) is 40.5. The average molecular weight is 761 g/mol. The molecule has 55 heavy (non-hydrogen) atoms. The molecule has 13 N–H and O–H groups in total. The fourth-order valence-corrected chi connectivity index (χ4v) is 4.81. The summed E-state index contributed by atoms with van der Waals surface area (Å²) in [6.45, 7) is 7.03. The van der Waals surface area contributed by atoms with E-state index in [0.717, 1.165) is 17.6 Å². The first-order chi connectivity index (χ1) is 26.2. The molecule has 4 amide bonds. The van der Waals surface area contributed by atoms with E-state index in [4.69, 9.17) is 36.9 Å². The predicted molar refractivity (Wildman–Crippen MR) is 212 cm³/mol. The van der Waals surface area contributed by atoms with Crippen molar-refractivity contribution in [2.45, 2.75) is 64.8 Å². The number of pyridine rings is 2. The van der Waals surface area contributed by atoms with Gasteiger partial charge in [0.1, 0.15) is 31.0 Å². The molecule has 1 aromatic carbocycles. The fourth-order valence-electron chi connectivity index (χ4n) is 4.81. The third-order valence-corrected chi connectivity index (χ3v) is 8.20. The van der Waals surface area contributed by atoms with Gasteiger partial charge in [-0.1, -0.05) is 62.4 Å². The van der Waals surface area contributed by atoms with E-state index in [1.165, 1.54) is 24.5 Å². The number of carbonyl (C=O) groups is 2. The Morgan fingerprint density at radius 3 is 1.84 bits per heavy atom. The number of hydrogen-bond acceptors (Lipinski definition) is 13. The van der Waals surface area contributed by atoms with Crippen molar-refractivity contribution < 1.29 is 34.4 Å². The van der Waals surface area contributed by atoms with Crippen molar-refractivity contribution in [3.05, 3.63) is 95.3 Å². The van der Waals surface area contributed by atoms with Crippen molar-refractivity contribution in [3.63, 3.8) is 0 Å². The highest BCUT2D eigenvalue weighted by molar-refractivity contribution is 5.98. The number of carbonyl (C=O) groups excluding carboxylic acids is 2. The molecule has 0 bridgehead atoms. The summed E-state index contributed by atoms with van der Waals surface area (Å²) in [7, 11) is 0. The van der Waals surface area contributed by atoms with Crippen LogP contribution in [-0.4, -0.2) is 87.2 Å². The average Bonchev–Trinajstić information content (AvgIpc) is 3.16. The number of aromatic nitrogens is 2. The van der Waals surface area contributed by atoms with Crippen LogP contribution in [0.2, 0.25) is 0 Å². The summed E-state index contributed by atoms with van der Waals surface area (Å²) in [6, 6.07) is 11.3. The van der Waals surface area contributed by atoms with E-state index in [0.29, 0.717) is 17.9 Å². The highest BCUT2D eigenvalue weighted by atomic mass is 16.5. The van der Waals surface area contributed by atoms with Gasteiger partial charge < -0.3 is 46.9 Å². The smallest absolute Gasteiger partial charge is 0.320 e. The lowest BCUT2D eigenvalue weighted by atomic mass is 9.95. The summed E-state index contributed by atoms with van der Waals surface area (Å²) in [6.07, 6.45) is 8.64. The van der Waals surface area contributed by atoms with E-state index >= 15 is 0 Å². The highest BCUT2D eigenvalue weighted by Crippen LogP contribution is 2.20. The van der Waals surface area contributed by atoms with Gasteiger partial charge in [-0.2, -0.15) is 0 Å². The number of urea groups is 2. The zero-order valence-electron chi connectivity index (χ0n) is 31.4. The van der Waals surface area contributed by atoms with Gasteiger partial charge in [0.05, 0.1) is 35.9 Å². The van der Waals surface area contributed by atoms with Crippen LogP contribution in [0.5, 0.6) is 0 Å². The summed E-state index contributed by atoms with van der Waals surface area (Å²) in [5, 5.41) is 54.1. The molecule has 0 aliphatic heterocycles. The van der Waals surface area contributed by atoms with Gasteiger partial charge in [0.25, 0.3) is 0 Å². The molecule has 5 atom stereocenters. The molecule has 17 heteroatoms. The van der Waals surface area contributed by atoms with Crippen molar-refractivity contribution in [3.8, 4) is 0 Å². The van der Waals surface area contributed by atoms with Crippen molar-refractivity contribution in [1.29, 1.82) is 10.8 Å². The third-order valence-electron chi connectivity index (χ3n) is 8.20. The number of anilines is 4. The van der Waals surface area contributed by atoms with Gasteiger partial charge in [0, 0.05) is 35.9 Å². The standard InChI is InChI=1S/C19H27N5O4.C19H25N5O3/c1-11-3-5-13(6-4-11)12(2)23-19(27)24-17-7-16(20)15(8-22-17)18(21)28-10-14(26)9-25;1-3-14(25)11-27-18(21)15-10-22-17(9-16(15)20)24-19(26)23-12(2)13-7-5-4-6-8-13/h3,5-8,11-12,14,21,25-26H,4,9-10H2,1-2H3,(H4,20,22,23,24,27);4-10,12,14,21,25H,3,11H2,1-2H3,(H4,20,22,23,24,26)/t11?,12-,14?;12-,14?/m11/s1. The number of allylic oxidation sites excluding steroid dienone is 2. The molecule has 3 unspecified atom stereocenters. The Hall–Kier alpha value is -6.04. The number of hydrogen-bond donors (Lipinski definition) is 11. The molecule has 2 aromatic heterocycles. The van der Waals surface area contributed by atoms with Crippen molar-refractivity contribution in [2.24, 2.45) is 5.92 Å². The zero-order valence-corrected chi connectivity index (χ0v) is 31.4. The lowest BCUT2D eigenvalue weighted by Gasteiger charge is -2.19. The minimum Gasteiger partial charge on any atom is -0.475 e. The van der Waals surface area contributed by atoms with Crippen LogP contribution < -0.4 is 32.7 Å². The third kappa shape index (κ3) is 14.4. The molecule has 0 saturated carbocycles. The van der Waals surface area contributed by atoms with E-state index in [9.17, 15) is 19.8 Å². The van der Waals surface area contributed by atoms with Crippen LogP contribution in [0.1, 0.15) is 63.3 Å². The number of aliphatic hydroxyl groups is 3. The molecule has 1 aliphatic rings. The number of ether oxygens (including phenoxy) is 2. The topological polar surface area (TPSA) is 287 Å². The first-order valence-corrected chi connectivity index (χ1v) is 17.7. The number of nitrogen functional groups attached to an aromatic ring is 2. The van der Waals surface area contributed by atoms with E-state index in [-0.39, 0.29) is 65.7 Å². The van der Waals surface area contributed by atoms with Crippen LogP contribution in [0.15, 0.2) is 78.7 Å². The van der Waals surface area contributed by atoms with Gasteiger partial charge in [0.2, 0.25) is 11.8 Å². The maximum Gasteiger partial charge on any atom is 0.320 e. The maximum atomic E-state index is 12.2. The number of nitrogens with two attached hydrogens (primary N) is 2. The highest BCUT2D eigenvalue weighted by Gasteiger charge is 2.17. The summed E-state index contributed by atoms with van der Waals surface area (Å²) in [5.41, 5.74) is 14.8. The fraction of sp³-hybridized carbons (Fsp3) is 0.368. The van der Waals surface area contributed by atoms with Gasteiger partial charge in [-0.15, -0.1) is 0 Å². The molecule has 0 spiro atoms. The Kier molecular flexibility index (Phi) is 17.0. The van der Waals surface area contributed by atoms with Gasteiger partial charge in [-0.05, 0) is 43.7 Å². The molecular formula is C38H52N10O7. The molecule has 1 aliphatic carbocycles. The Labute approximate surface area is 320 Å². The number of aliphatic hydroxyl groups excluding tert-OH is 3. The summed E-state index contributed by atoms with van der Waals surface area (Å²) in [5.74, 6) is 0.532. The first-order valence-electron chi connectivity index (χ1n) is 17.7. The second-order valence-corrected chi connectivity index (χ2v) is 12.8. The number of benzene rings is 1. The van der Waals surface area contributed by atoms with Crippen LogP contribution in [0.4, 0.5) is 32.6 Å². The van der Waals surface area contributed by atoms with E-state index in [2.05, 4.69) is 50.3 Å². The SMILES string of the molecule is CC1C=CC([C@@H](C)NC(=O)Nc2cc(N)c(C(=N)OCC(O)CO)cn2)=CC1.CCC(O)COC(=N)c1cnc(NC(=O)N[C@H](C)c2ccccc2)cc1N. The van der Waals surface area contributed by atoms with Gasteiger partial charge in [0.15, 0.2) is 0 Å². The second kappa shape index (κ2) is 21.6. The van der Waals surface area contributed by atoms with Gasteiger partial charge >= 0.3 is 12.1 Å². The predicted octanol–water partition coefficient (Wildman–Crippen LogP) is 4.05. The lowest BCUT2D eigenvalue weighted by molar-refractivity contribution is 0.0496. The van der Waals surface area contributed by atoms with Crippen LogP contribution in [0, 0.1) is 16.7 Å². The molecule has 0 fully saturated rings. The van der Waals surface area contributed by atoms with Gasteiger partial charge in [-0.25, -0.2) is 19.6 Å². The van der Waals surface area contributed by atoms with E-state index in [1.54, 1.807) is 0 Å². The number of rotatable bonds is 14.